The predicted octanol–water partition coefficient (Wildman–Crippen LogP) is 3.42. The molecule has 0 bridgehead atoms. The molecule has 0 fully saturated rings. The Hall–Kier alpha value is -2.21. The van der Waals surface area contributed by atoms with Gasteiger partial charge < -0.3 is 5.73 Å². The lowest BCUT2D eigenvalue weighted by Crippen LogP contribution is -2.00. The van der Waals surface area contributed by atoms with Crippen LogP contribution >= 0.6 is 15.9 Å². The highest BCUT2D eigenvalue weighted by Crippen LogP contribution is 2.29. The molecule has 4 nitrogen and oxygen atoms in total. The van der Waals surface area contributed by atoms with Crippen molar-refractivity contribution in [1.82, 2.24) is 14.5 Å². The van der Waals surface area contributed by atoms with E-state index >= 15 is 0 Å². The number of hydrogen-bond acceptors (Lipinski definition) is 3. The molecule has 0 amide bonds. The molecule has 0 aliphatic rings. The quantitative estimate of drug-likeness (QED) is 0.782. The molecule has 0 saturated heterocycles. The van der Waals surface area contributed by atoms with E-state index in [1.54, 1.807) is 35.4 Å². The number of nitrogen functional groups attached to an aromatic ring is 1. The van der Waals surface area contributed by atoms with Gasteiger partial charge in [0.2, 0.25) is 0 Å². The van der Waals surface area contributed by atoms with Gasteiger partial charge in [-0.3, -0.25) is 4.57 Å². The maximum atomic E-state index is 13.5. The summed E-state index contributed by atoms with van der Waals surface area (Å²) in [4.78, 5) is 8.18. The summed E-state index contributed by atoms with van der Waals surface area (Å²) in [6.07, 6.45) is 4.91. The fourth-order valence-corrected chi connectivity index (χ4v) is 2.43. The van der Waals surface area contributed by atoms with Crippen molar-refractivity contribution in [1.29, 1.82) is 0 Å². The summed E-state index contributed by atoms with van der Waals surface area (Å²) >= 11 is 3.41. The van der Waals surface area contributed by atoms with Gasteiger partial charge in [0.15, 0.2) is 0 Å². The molecular formula is C14H10BrFN4. The average molecular weight is 333 g/mol. The van der Waals surface area contributed by atoms with Crippen LogP contribution in [0.4, 0.5) is 10.2 Å². The lowest BCUT2D eigenvalue weighted by atomic mass is 10.2. The van der Waals surface area contributed by atoms with Gasteiger partial charge in [-0.25, -0.2) is 14.4 Å². The average Bonchev–Trinajstić information content (AvgIpc) is 2.91. The number of halogens is 2. The minimum atomic E-state index is -0.318. The van der Waals surface area contributed by atoms with Crippen molar-refractivity contribution < 1.29 is 4.39 Å². The maximum absolute atomic E-state index is 13.5. The molecule has 2 N–H and O–H groups in total. The fourth-order valence-electron chi connectivity index (χ4n) is 1.99. The number of benzene rings is 1. The topological polar surface area (TPSA) is 56.7 Å². The van der Waals surface area contributed by atoms with Crippen LogP contribution in [0.3, 0.4) is 0 Å². The Morgan fingerprint density at radius 3 is 2.90 bits per heavy atom. The summed E-state index contributed by atoms with van der Waals surface area (Å²) in [6.45, 7) is 0. The molecule has 6 heteroatoms. The first-order chi connectivity index (χ1) is 9.66. The summed E-state index contributed by atoms with van der Waals surface area (Å²) in [5, 5.41) is 0. The van der Waals surface area contributed by atoms with Crippen LogP contribution in [0, 0.1) is 5.82 Å². The minimum absolute atomic E-state index is 0.318. The molecule has 100 valence electrons. The third-order valence-corrected chi connectivity index (χ3v) is 3.59. The number of rotatable bonds is 2. The van der Waals surface area contributed by atoms with E-state index in [1.165, 1.54) is 12.1 Å². The third-order valence-electron chi connectivity index (χ3n) is 2.92. The van der Waals surface area contributed by atoms with E-state index in [0.29, 0.717) is 11.5 Å². The van der Waals surface area contributed by atoms with Crippen molar-refractivity contribution >= 4 is 21.7 Å². The molecular weight excluding hydrogens is 323 g/mol. The van der Waals surface area contributed by atoms with Gasteiger partial charge in [0.25, 0.3) is 0 Å². The standard InChI is InChI=1S/C14H10BrFN4/c15-11-4-3-9(16)6-12(11)20-8-18-7-13(20)10-2-1-5-19-14(10)17/h1-8H,(H2,17,19). The Bertz CT molecular complexity index is 769. The largest absolute Gasteiger partial charge is 0.383 e. The number of aromatic nitrogens is 3. The Kier molecular flexibility index (Phi) is 3.23. The van der Waals surface area contributed by atoms with E-state index < -0.39 is 0 Å². The summed E-state index contributed by atoms with van der Waals surface area (Å²) in [6, 6.07) is 8.12. The Morgan fingerprint density at radius 1 is 1.25 bits per heavy atom. The highest BCUT2D eigenvalue weighted by atomic mass is 79.9. The van der Waals surface area contributed by atoms with E-state index in [-0.39, 0.29) is 5.82 Å². The summed E-state index contributed by atoms with van der Waals surface area (Å²) in [5.74, 6) is 0.0868. The first kappa shape index (κ1) is 12.8. The number of imidazole rings is 1. The lowest BCUT2D eigenvalue weighted by molar-refractivity contribution is 0.626. The molecule has 3 rings (SSSR count). The molecule has 0 aliphatic heterocycles. The van der Waals surface area contributed by atoms with Crippen molar-refractivity contribution in [3.63, 3.8) is 0 Å². The van der Waals surface area contributed by atoms with Gasteiger partial charge >= 0.3 is 0 Å². The smallest absolute Gasteiger partial charge is 0.132 e. The second kappa shape index (κ2) is 5.05. The van der Waals surface area contributed by atoms with Gasteiger partial charge in [-0.05, 0) is 46.3 Å². The number of nitrogens with zero attached hydrogens (tertiary/aromatic N) is 3. The lowest BCUT2D eigenvalue weighted by Gasteiger charge is -2.11. The minimum Gasteiger partial charge on any atom is -0.383 e. The molecule has 0 spiro atoms. The third kappa shape index (κ3) is 2.18. The molecule has 1 aromatic carbocycles. The van der Waals surface area contributed by atoms with Gasteiger partial charge in [-0.2, -0.15) is 0 Å². The summed E-state index contributed by atoms with van der Waals surface area (Å²) < 4.78 is 16.0. The van der Waals surface area contributed by atoms with Crippen LogP contribution in [0.5, 0.6) is 0 Å². The monoisotopic (exact) mass is 332 g/mol. The van der Waals surface area contributed by atoms with Crippen LogP contribution in [0.25, 0.3) is 16.9 Å². The molecule has 2 aromatic heterocycles. The molecule has 2 heterocycles. The van der Waals surface area contributed by atoms with E-state index in [1.807, 2.05) is 6.07 Å². The maximum Gasteiger partial charge on any atom is 0.132 e. The second-order valence-electron chi connectivity index (χ2n) is 4.18. The Balaban J connectivity index is 2.21. The van der Waals surface area contributed by atoms with Crippen LogP contribution in [0.15, 0.2) is 53.5 Å². The highest BCUT2D eigenvalue weighted by molar-refractivity contribution is 9.10. The van der Waals surface area contributed by atoms with E-state index in [0.717, 1.165) is 15.7 Å². The van der Waals surface area contributed by atoms with Crippen molar-refractivity contribution in [2.24, 2.45) is 0 Å². The van der Waals surface area contributed by atoms with E-state index in [2.05, 4.69) is 25.9 Å². The van der Waals surface area contributed by atoms with Gasteiger partial charge in [-0.15, -0.1) is 0 Å². The number of anilines is 1. The Labute approximate surface area is 123 Å². The normalized spacial score (nSPS) is 10.7. The van der Waals surface area contributed by atoms with E-state index in [9.17, 15) is 4.39 Å². The number of pyridine rings is 1. The van der Waals surface area contributed by atoms with Gasteiger partial charge in [0, 0.05) is 16.2 Å². The first-order valence-corrected chi connectivity index (χ1v) is 6.65. The van der Waals surface area contributed by atoms with Crippen molar-refractivity contribution in [2.45, 2.75) is 0 Å². The van der Waals surface area contributed by atoms with Crippen molar-refractivity contribution in [3.8, 4) is 16.9 Å². The molecule has 0 unspecified atom stereocenters. The Morgan fingerprint density at radius 2 is 2.10 bits per heavy atom. The molecule has 20 heavy (non-hydrogen) atoms. The number of hydrogen-bond donors (Lipinski definition) is 1. The van der Waals surface area contributed by atoms with Crippen molar-refractivity contribution in [3.05, 3.63) is 59.3 Å². The van der Waals surface area contributed by atoms with Crippen LogP contribution in [-0.4, -0.2) is 14.5 Å². The highest BCUT2D eigenvalue weighted by Gasteiger charge is 2.12. The first-order valence-electron chi connectivity index (χ1n) is 5.85. The van der Waals surface area contributed by atoms with Gasteiger partial charge in [0.05, 0.1) is 23.9 Å². The van der Waals surface area contributed by atoms with Crippen LogP contribution in [0.1, 0.15) is 0 Å². The van der Waals surface area contributed by atoms with Crippen LogP contribution in [0.2, 0.25) is 0 Å². The molecule has 0 radical (unpaired) electrons. The molecule has 3 aromatic rings. The zero-order valence-corrected chi connectivity index (χ0v) is 11.9. The van der Waals surface area contributed by atoms with Gasteiger partial charge in [-0.1, -0.05) is 0 Å². The summed E-state index contributed by atoms with van der Waals surface area (Å²) in [5.41, 5.74) is 8.04. The molecule has 0 atom stereocenters. The van der Waals surface area contributed by atoms with E-state index in [4.69, 9.17) is 5.73 Å². The second-order valence-corrected chi connectivity index (χ2v) is 5.04. The summed E-state index contributed by atoms with van der Waals surface area (Å²) in [7, 11) is 0. The molecule has 0 saturated carbocycles. The van der Waals surface area contributed by atoms with Crippen LogP contribution < -0.4 is 5.73 Å². The van der Waals surface area contributed by atoms with Crippen LogP contribution in [-0.2, 0) is 0 Å². The zero-order valence-electron chi connectivity index (χ0n) is 10.3. The van der Waals surface area contributed by atoms with Crippen molar-refractivity contribution in [2.75, 3.05) is 5.73 Å². The predicted molar refractivity (Wildman–Crippen MR) is 78.9 cm³/mol. The zero-order chi connectivity index (χ0) is 14.1. The molecule has 0 aliphatic carbocycles. The number of nitrogens with two attached hydrogens (primary N) is 1. The van der Waals surface area contributed by atoms with Gasteiger partial charge in [0.1, 0.15) is 11.6 Å². The SMILES string of the molecule is Nc1ncccc1-c1cncn1-c1cc(F)ccc1Br. The fraction of sp³-hybridized carbons (Fsp3) is 0.